The van der Waals surface area contributed by atoms with Crippen LogP contribution in [0.1, 0.15) is 10.4 Å². The van der Waals surface area contributed by atoms with Gasteiger partial charge in [0.25, 0.3) is 5.91 Å². The van der Waals surface area contributed by atoms with Gasteiger partial charge in [-0.3, -0.25) is 4.79 Å². The zero-order valence-corrected chi connectivity index (χ0v) is 15.6. The molecule has 0 spiro atoms. The third-order valence-electron chi connectivity index (χ3n) is 3.77. The average molecular weight is 413 g/mol. The molecule has 0 aliphatic carbocycles. The van der Waals surface area contributed by atoms with Crippen molar-refractivity contribution in [3.63, 3.8) is 0 Å². The topological polar surface area (TPSA) is 73.9 Å². The number of rotatable bonds is 8. The molecule has 0 unspecified atom stereocenters. The van der Waals surface area contributed by atoms with Gasteiger partial charge in [0.1, 0.15) is 17.2 Å². The van der Waals surface area contributed by atoms with Gasteiger partial charge in [0, 0.05) is 5.69 Å². The standard InChI is InChI=1S/C22H17F2NO5/c23-22(24)30-19-12-8-16(9-13-19)25-20(26)14-28-21(27)15-6-10-18(11-7-15)29-17-4-2-1-3-5-17/h1-13,22H,14H2,(H,25,26). The molecule has 0 saturated heterocycles. The molecule has 3 aromatic carbocycles. The first-order valence-electron chi connectivity index (χ1n) is 8.84. The van der Waals surface area contributed by atoms with Gasteiger partial charge in [-0.2, -0.15) is 8.78 Å². The minimum Gasteiger partial charge on any atom is -0.457 e. The molecule has 0 bridgehead atoms. The summed E-state index contributed by atoms with van der Waals surface area (Å²) in [6, 6.07) is 20.8. The highest BCUT2D eigenvalue weighted by molar-refractivity contribution is 5.95. The molecule has 0 aliphatic rings. The number of hydrogen-bond donors (Lipinski definition) is 1. The largest absolute Gasteiger partial charge is 0.457 e. The Morgan fingerprint density at radius 1 is 0.800 bits per heavy atom. The first kappa shape index (κ1) is 20.8. The molecule has 3 aromatic rings. The van der Waals surface area contributed by atoms with E-state index in [-0.39, 0.29) is 11.3 Å². The van der Waals surface area contributed by atoms with Crippen molar-refractivity contribution < 1.29 is 32.6 Å². The zero-order valence-electron chi connectivity index (χ0n) is 15.6. The van der Waals surface area contributed by atoms with Crippen LogP contribution in [0.3, 0.4) is 0 Å². The van der Waals surface area contributed by atoms with Gasteiger partial charge in [-0.1, -0.05) is 18.2 Å². The zero-order chi connectivity index (χ0) is 21.3. The van der Waals surface area contributed by atoms with Gasteiger partial charge in [-0.15, -0.1) is 0 Å². The highest BCUT2D eigenvalue weighted by Crippen LogP contribution is 2.21. The Kier molecular flexibility index (Phi) is 6.94. The maximum absolute atomic E-state index is 12.1. The number of carbonyl (C=O) groups is 2. The van der Waals surface area contributed by atoms with Crippen LogP contribution in [0.15, 0.2) is 78.9 Å². The average Bonchev–Trinajstić information content (AvgIpc) is 2.74. The van der Waals surface area contributed by atoms with Crippen molar-refractivity contribution in [3.8, 4) is 17.2 Å². The number of alkyl halides is 2. The number of anilines is 1. The molecule has 30 heavy (non-hydrogen) atoms. The molecule has 3 rings (SSSR count). The van der Waals surface area contributed by atoms with Crippen LogP contribution in [0, 0.1) is 0 Å². The first-order valence-corrected chi connectivity index (χ1v) is 8.84. The van der Waals surface area contributed by atoms with Gasteiger partial charge in [-0.25, -0.2) is 4.79 Å². The fourth-order valence-electron chi connectivity index (χ4n) is 2.41. The minimum atomic E-state index is -2.93. The highest BCUT2D eigenvalue weighted by Gasteiger charge is 2.11. The smallest absolute Gasteiger partial charge is 0.387 e. The number of nitrogens with one attached hydrogen (secondary N) is 1. The molecule has 0 heterocycles. The number of halogens is 2. The van der Waals surface area contributed by atoms with E-state index < -0.39 is 25.1 Å². The molecule has 6 nitrogen and oxygen atoms in total. The fourth-order valence-corrected chi connectivity index (χ4v) is 2.41. The van der Waals surface area contributed by atoms with Crippen molar-refractivity contribution in [2.75, 3.05) is 11.9 Å². The second-order valence-corrected chi connectivity index (χ2v) is 5.97. The van der Waals surface area contributed by atoms with Gasteiger partial charge < -0.3 is 19.5 Å². The SMILES string of the molecule is O=C(COC(=O)c1ccc(Oc2ccccc2)cc1)Nc1ccc(OC(F)F)cc1. The van der Waals surface area contributed by atoms with E-state index in [1.807, 2.05) is 18.2 Å². The van der Waals surface area contributed by atoms with E-state index in [2.05, 4.69) is 10.1 Å². The third kappa shape index (κ3) is 6.30. The number of amides is 1. The van der Waals surface area contributed by atoms with Crippen LogP contribution in [0.4, 0.5) is 14.5 Å². The van der Waals surface area contributed by atoms with E-state index in [0.29, 0.717) is 17.2 Å². The lowest BCUT2D eigenvalue weighted by Gasteiger charge is -2.09. The molecule has 154 valence electrons. The Bertz CT molecular complexity index is 977. The Morgan fingerprint density at radius 2 is 1.40 bits per heavy atom. The lowest BCUT2D eigenvalue weighted by atomic mass is 10.2. The molecule has 8 heteroatoms. The predicted molar refractivity (Wildman–Crippen MR) is 105 cm³/mol. The van der Waals surface area contributed by atoms with Crippen LogP contribution in [0.5, 0.6) is 17.2 Å². The van der Waals surface area contributed by atoms with Crippen molar-refractivity contribution in [1.29, 1.82) is 0 Å². The predicted octanol–water partition coefficient (Wildman–Crippen LogP) is 4.88. The van der Waals surface area contributed by atoms with Crippen molar-refractivity contribution in [3.05, 3.63) is 84.4 Å². The Morgan fingerprint density at radius 3 is 2.03 bits per heavy atom. The number of benzene rings is 3. The normalized spacial score (nSPS) is 10.4. The van der Waals surface area contributed by atoms with E-state index in [4.69, 9.17) is 9.47 Å². The summed E-state index contributed by atoms with van der Waals surface area (Å²) in [4.78, 5) is 24.0. The van der Waals surface area contributed by atoms with Gasteiger partial charge in [0.15, 0.2) is 6.61 Å². The number of carbonyl (C=O) groups excluding carboxylic acids is 2. The fraction of sp³-hybridized carbons (Fsp3) is 0.0909. The Labute approximate surface area is 171 Å². The summed E-state index contributed by atoms with van der Waals surface area (Å²) < 4.78 is 39.1. The highest BCUT2D eigenvalue weighted by atomic mass is 19.3. The number of ether oxygens (including phenoxy) is 3. The first-order chi connectivity index (χ1) is 14.5. The van der Waals surface area contributed by atoms with E-state index in [0.717, 1.165) is 0 Å². The molecular weight excluding hydrogens is 396 g/mol. The summed E-state index contributed by atoms with van der Waals surface area (Å²) in [5.74, 6) is -0.0609. The van der Waals surface area contributed by atoms with Crippen molar-refractivity contribution in [2.24, 2.45) is 0 Å². The lowest BCUT2D eigenvalue weighted by Crippen LogP contribution is -2.20. The molecule has 0 radical (unpaired) electrons. The van der Waals surface area contributed by atoms with Crippen LogP contribution in [0.25, 0.3) is 0 Å². The number of esters is 1. The monoisotopic (exact) mass is 413 g/mol. The van der Waals surface area contributed by atoms with Gasteiger partial charge >= 0.3 is 12.6 Å². The van der Waals surface area contributed by atoms with Crippen LogP contribution in [-0.2, 0) is 9.53 Å². The Hall–Kier alpha value is -3.94. The van der Waals surface area contributed by atoms with Crippen molar-refractivity contribution in [2.45, 2.75) is 6.61 Å². The van der Waals surface area contributed by atoms with Crippen LogP contribution in [0.2, 0.25) is 0 Å². The Balaban J connectivity index is 1.47. The molecule has 0 aromatic heterocycles. The number of para-hydroxylation sites is 1. The van der Waals surface area contributed by atoms with E-state index in [1.54, 1.807) is 24.3 Å². The summed E-state index contributed by atoms with van der Waals surface area (Å²) >= 11 is 0. The minimum absolute atomic E-state index is 0.0332. The maximum atomic E-state index is 12.1. The second-order valence-electron chi connectivity index (χ2n) is 5.97. The molecule has 0 saturated carbocycles. The van der Waals surface area contributed by atoms with Gasteiger partial charge in [0.05, 0.1) is 5.56 Å². The van der Waals surface area contributed by atoms with Crippen LogP contribution < -0.4 is 14.8 Å². The summed E-state index contributed by atoms with van der Waals surface area (Å²) in [5.41, 5.74) is 0.608. The van der Waals surface area contributed by atoms with Crippen LogP contribution >= 0.6 is 0 Å². The summed E-state index contributed by atoms with van der Waals surface area (Å²) in [6.45, 7) is -3.43. The lowest BCUT2D eigenvalue weighted by molar-refractivity contribution is -0.119. The molecular formula is C22H17F2NO5. The second kappa shape index (κ2) is 10.0. The molecule has 0 fully saturated rings. The van der Waals surface area contributed by atoms with E-state index >= 15 is 0 Å². The molecule has 0 aliphatic heterocycles. The molecule has 0 atom stereocenters. The van der Waals surface area contributed by atoms with Crippen LogP contribution in [-0.4, -0.2) is 25.1 Å². The van der Waals surface area contributed by atoms with Gasteiger partial charge in [0.2, 0.25) is 0 Å². The van der Waals surface area contributed by atoms with Crippen molar-refractivity contribution >= 4 is 17.6 Å². The molecule has 1 N–H and O–H groups in total. The molecule has 1 amide bonds. The quantitative estimate of drug-likeness (QED) is 0.533. The van der Waals surface area contributed by atoms with Gasteiger partial charge in [-0.05, 0) is 60.7 Å². The van der Waals surface area contributed by atoms with E-state index in [9.17, 15) is 18.4 Å². The third-order valence-corrected chi connectivity index (χ3v) is 3.77. The van der Waals surface area contributed by atoms with E-state index in [1.165, 1.54) is 36.4 Å². The number of hydrogen-bond acceptors (Lipinski definition) is 5. The maximum Gasteiger partial charge on any atom is 0.387 e. The summed E-state index contributed by atoms with van der Waals surface area (Å²) in [7, 11) is 0. The van der Waals surface area contributed by atoms with Crippen molar-refractivity contribution in [1.82, 2.24) is 0 Å². The summed E-state index contributed by atoms with van der Waals surface area (Å²) in [5, 5.41) is 2.49. The summed E-state index contributed by atoms with van der Waals surface area (Å²) in [6.07, 6.45) is 0.